The Hall–Kier alpha value is -3.08. The highest BCUT2D eigenvalue weighted by molar-refractivity contribution is 5.76. The van der Waals surface area contributed by atoms with Crippen LogP contribution in [0.15, 0.2) is 54.6 Å². The number of ether oxygens (including phenoxy) is 1. The van der Waals surface area contributed by atoms with Crippen molar-refractivity contribution in [3.05, 3.63) is 77.1 Å². The number of carbonyl (C=O) groups excluding carboxylic acids is 1. The van der Waals surface area contributed by atoms with Gasteiger partial charge in [-0.1, -0.05) is 36.4 Å². The molecule has 0 radical (unpaired) electrons. The lowest BCUT2D eigenvalue weighted by Gasteiger charge is -2.32. The number of likely N-dealkylation sites (tertiary alicyclic amines) is 1. The van der Waals surface area contributed by atoms with Crippen molar-refractivity contribution in [3.8, 4) is 11.4 Å². The lowest BCUT2D eigenvalue weighted by atomic mass is 9.90. The molecular formula is C27H33N3O2. The zero-order chi connectivity index (χ0) is 22.5. The molecule has 1 aliphatic heterocycles. The third-order valence-electron chi connectivity index (χ3n) is 6.66. The third-order valence-corrected chi connectivity index (χ3v) is 6.66. The number of carbonyl (C=O) groups is 1. The molecule has 2 aromatic carbocycles. The summed E-state index contributed by atoms with van der Waals surface area (Å²) in [5, 5.41) is 4.73. The first kappa shape index (κ1) is 22.1. The highest BCUT2D eigenvalue weighted by Gasteiger charge is 2.23. The van der Waals surface area contributed by atoms with Crippen LogP contribution >= 0.6 is 0 Å². The van der Waals surface area contributed by atoms with Crippen molar-refractivity contribution >= 4 is 5.91 Å². The molecule has 168 valence electrons. The van der Waals surface area contributed by atoms with Crippen LogP contribution in [0.4, 0.5) is 0 Å². The van der Waals surface area contributed by atoms with Crippen LogP contribution in [0.3, 0.4) is 0 Å². The van der Waals surface area contributed by atoms with Crippen LogP contribution in [0.2, 0.25) is 0 Å². The minimum Gasteiger partial charge on any atom is -0.497 e. The van der Waals surface area contributed by atoms with E-state index in [1.54, 1.807) is 7.11 Å². The summed E-state index contributed by atoms with van der Waals surface area (Å²) in [7, 11) is 1.67. The summed E-state index contributed by atoms with van der Waals surface area (Å²) >= 11 is 0. The smallest absolute Gasteiger partial charge is 0.222 e. The van der Waals surface area contributed by atoms with Gasteiger partial charge in [0.25, 0.3) is 0 Å². The Labute approximate surface area is 191 Å². The lowest BCUT2D eigenvalue weighted by Crippen LogP contribution is -2.39. The van der Waals surface area contributed by atoms with Crippen molar-refractivity contribution < 1.29 is 9.53 Å². The summed E-state index contributed by atoms with van der Waals surface area (Å²) in [6.45, 7) is 5.85. The normalized spacial score (nSPS) is 14.5. The van der Waals surface area contributed by atoms with Crippen LogP contribution in [0.1, 0.15) is 41.8 Å². The Bertz CT molecular complexity index is 1050. The van der Waals surface area contributed by atoms with Gasteiger partial charge in [-0.3, -0.25) is 4.79 Å². The molecule has 1 amide bonds. The fraction of sp³-hybridized carbons (Fsp3) is 0.407. The van der Waals surface area contributed by atoms with Gasteiger partial charge in [0.15, 0.2) is 0 Å². The summed E-state index contributed by atoms with van der Waals surface area (Å²) in [6.07, 6.45) is 4.56. The molecule has 0 bridgehead atoms. The van der Waals surface area contributed by atoms with E-state index < -0.39 is 0 Å². The highest BCUT2D eigenvalue weighted by Crippen LogP contribution is 2.24. The first-order chi connectivity index (χ1) is 15.5. The second-order valence-electron chi connectivity index (χ2n) is 8.78. The molecule has 0 N–H and O–H groups in total. The standard InChI is InChI=1S/C27H33N3O2/c1-20-26(21(2)30(28-20)24-10-7-11-25(19-24)32-3)12-13-27(31)29-16-14-23(15-17-29)18-22-8-5-4-6-9-22/h4-11,19,23H,12-18H2,1-3H3. The summed E-state index contributed by atoms with van der Waals surface area (Å²) in [4.78, 5) is 15.0. The molecule has 0 unspecified atom stereocenters. The van der Waals surface area contributed by atoms with Crippen LogP contribution in [0.5, 0.6) is 5.75 Å². The molecule has 2 heterocycles. The second kappa shape index (κ2) is 10.0. The fourth-order valence-corrected chi connectivity index (χ4v) is 4.75. The number of rotatable bonds is 7. The quantitative estimate of drug-likeness (QED) is 0.534. The molecule has 1 aliphatic rings. The van der Waals surface area contributed by atoms with Crippen LogP contribution in [-0.2, 0) is 17.6 Å². The molecule has 0 spiro atoms. The summed E-state index contributed by atoms with van der Waals surface area (Å²) in [6, 6.07) is 18.6. The molecule has 0 aliphatic carbocycles. The van der Waals surface area contributed by atoms with Gasteiger partial charge < -0.3 is 9.64 Å². The lowest BCUT2D eigenvalue weighted by molar-refractivity contribution is -0.132. The van der Waals surface area contributed by atoms with Crippen molar-refractivity contribution in [2.45, 2.75) is 46.0 Å². The molecule has 0 atom stereocenters. The van der Waals surface area contributed by atoms with Crippen LogP contribution in [0.25, 0.3) is 5.69 Å². The maximum atomic E-state index is 12.9. The predicted octanol–water partition coefficient (Wildman–Crippen LogP) is 4.91. The molecule has 1 fully saturated rings. The van der Waals surface area contributed by atoms with Gasteiger partial charge in [0.05, 0.1) is 18.5 Å². The van der Waals surface area contributed by atoms with Gasteiger partial charge in [-0.2, -0.15) is 5.10 Å². The number of hydrogen-bond donors (Lipinski definition) is 0. The number of hydrogen-bond acceptors (Lipinski definition) is 3. The van der Waals surface area contributed by atoms with Crippen molar-refractivity contribution in [1.29, 1.82) is 0 Å². The molecule has 1 aromatic heterocycles. The van der Waals surface area contributed by atoms with Crippen LogP contribution in [-0.4, -0.2) is 40.8 Å². The van der Waals surface area contributed by atoms with Crippen molar-refractivity contribution in [3.63, 3.8) is 0 Å². The van der Waals surface area contributed by atoms with Crippen molar-refractivity contribution in [2.24, 2.45) is 5.92 Å². The number of nitrogens with zero attached hydrogens (tertiary/aromatic N) is 3. The number of aromatic nitrogens is 2. The van der Waals surface area contributed by atoms with E-state index >= 15 is 0 Å². The van der Waals surface area contributed by atoms with Gasteiger partial charge in [-0.05, 0) is 68.7 Å². The zero-order valence-corrected chi connectivity index (χ0v) is 19.4. The molecule has 1 saturated heterocycles. The average Bonchev–Trinajstić information content (AvgIpc) is 3.12. The Morgan fingerprint density at radius 3 is 2.53 bits per heavy atom. The van der Waals surface area contributed by atoms with E-state index in [1.165, 1.54) is 11.1 Å². The van der Waals surface area contributed by atoms with Gasteiger partial charge in [-0.25, -0.2) is 4.68 Å². The highest BCUT2D eigenvalue weighted by atomic mass is 16.5. The van der Waals surface area contributed by atoms with Gasteiger partial charge in [-0.15, -0.1) is 0 Å². The number of piperidine rings is 1. The van der Waals surface area contributed by atoms with E-state index in [1.807, 2.05) is 35.9 Å². The van der Waals surface area contributed by atoms with E-state index in [0.29, 0.717) is 12.3 Å². The topological polar surface area (TPSA) is 47.4 Å². The SMILES string of the molecule is COc1cccc(-n2nc(C)c(CCC(=O)N3CCC(Cc4ccccc4)CC3)c2C)c1. The summed E-state index contributed by atoms with van der Waals surface area (Å²) < 4.78 is 7.30. The number of methoxy groups -OCH3 is 1. The Morgan fingerprint density at radius 2 is 1.81 bits per heavy atom. The van der Waals surface area contributed by atoms with E-state index in [0.717, 1.165) is 61.6 Å². The van der Waals surface area contributed by atoms with Crippen LogP contribution < -0.4 is 4.74 Å². The van der Waals surface area contributed by atoms with E-state index in [2.05, 4.69) is 42.2 Å². The predicted molar refractivity (Wildman–Crippen MR) is 127 cm³/mol. The Balaban J connectivity index is 1.33. The van der Waals surface area contributed by atoms with Gasteiger partial charge >= 0.3 is 0 Å². The molecule has 5 heteroatoms. The zero-order valence-electron chi connectivity index (χ0n) is 19.4. The Kier molecular flexibility index (Phi) is 6.93. The molecule has 0 saturated carbocycles. The largest absolute Gasteiger partial charge is 0.497 e. The van der Waals surface area contributed by atoms with Gasteiger partial charge in [0, 0.05) is 31.3 Å². The summed E-state index contributed by atoms with van der Waals surface area (Å²) in [5.74, 6) is 1.74. The monoisotopic (exact) mass is 431 g/mol. The number of amides is 1. The fourth-order valence-electron chi connectivity index (χ4n) is 4.75. The minimum atomic E-state index is 0.260. The van der Waals surface area contributed by atoms with Gasteiger partial charge in [0.2, 0.25) is 5.91 Å². The summed E-state index contributed by atoms with van der Waals surface area (Å²) in [5.41, 5.74) is 5.62. The number of aryl methyl sites for hydroxylation is 1. The molecule has 4 rings (SSSR count). The van der Waals surface area contributed by atoms with Crippen molar-refractivity contribution in [1.82, 2.24) is 14.7 Å². The first-order valence-corrected chi connectivity index (χ1v) is 11.6. The maximum Gasteiger partial charge on any atom is 0.222 e. The van der Waals surface area contributed by atoms with Crippen molar-refractivity contribution in [2.75, 3.05) is 20.2 Å². The van der Waals surface area contributed by atoms with E-state index in [9.17, 15) is 4.79 Å². The molecular weight excluding hydrogens is 398 g/mol. The minimum absolute atomic E-state index is 0.260. The maximum absolute atomic E-state index is 12.9. The first-order valence-electron chi connectivity index (χ1n) is 11.6. The second-order valence-corrected chi connectivity index (χ2v) is 8.78. The third kappa shape index (κ3) is 5.04. The van der Waals surface area contributed by atoms with Gasteiger partial charge in [0.1, 0.15) is 5.75 Å². The van der Waals surface area contributed by atoms with E-state index in [-0.39, 0.29) is 5.91 Å². The Morgan fingerprint density at radius 1 is 1.06 bits per heavy atom. The van der Waals surface area contributed by atoms with Crippen LogP contribution in [0, 0.1) is 19.8 Å². The molecule has 32 heavy (non-hydrogen) atoms. The average molecular weight is 432 g/mol. The number of benzene rings is 2. The molecule has 3 aromatic rings. The van der Waals surface area contributed by atoms with E-state index in [4.69, 9.17) is 9.84 Å². The molecule has 5 nitrogen and oxygen atoms in total.